The van der Waals surface area contributed by atoms with Gasteiger partial charge in [0, 0.05) is 10.5 Å². The molecule has 1 N–H and O–H groups in total. The number of imidazole rings is 1. The summed E-state index contributed by atoms with van der Waals surface area (Å²) in [7, 11) is 0. The molecule has 17 heavy (non-hydrogen) atoms. The van der Waals surface area contributed by atoms with Crippen molar-refractivity contribution in [2.45, 2.75) is 4.90 Å². The lowest BCUT2D eigenvalue weighted by Crippen LogP contribution is -1.80. The highest BCUT2D eigenvalue weighted by Gasteiger charge is 2.05. The maximum absolute atomic E-state index is 12.8. The first-order valence-corrected chi connectivity index (χ1v) is 5.62. The molecule has 2 nitrogen and oxygen atoms in total. The van der Waals surface area contributed by atoms with E-state index in [2.05, 4.69) is 22.6 Å². The van der Waals surface area contributed by atoms with Gasteiger partial charge in [0.05, 0.1) is 11.0 Å². The molecule has 0 aliphatic carbocycles. The fourth-order valence-electron chi connectivity index (χ4n) is 1.74. The quantitative estimate of drug-likeness (QED) is 0.628. The largest absolute Gasteiger partial charge is 0.338 e. The number of fused-ring (bicyclic) bond motifs is 1. The molecule has 0 radical (unpaired) electrons. The summed E-state index contributed by atoms with van der Waals surface area (Å²) in [6.07, 6.45) is 0. The van der Waals surface area contributed by atoms with E-state index in [-0.39, 0.29) is 5.82 Å². The lowest BCUT2D eigenvalue weighted by atomic mass is 10.2. The summed E-state index contributed by atoms with van der Waals surface area (Å²) in [4.78, 5) is 8.51. The zero-order valence-corrected chi connectivity index (χ0v) is 9.71. The number of halogens is 1. The number of aromatic amines is 1. The number of nitrogens with zero attached hydrogens (tertiary/aromatic N) is 1. The molecule has 4 heteroatoms. The number of rotatable bonds is 1. The molecule has 0 amide bonds. The molecule has 0 fully saturated rings. The second-order valence-electron chi connectivity index (χ2n) is 3.79. The number of thiol groups is 1. The van der Waals surface area contributed by atoms with Crippen LogP contribution in [0.5, 0.6) is 0 Å². The predicted molar refractivity (Wildman–Crippen MR) is 68.7 cm³/mol. The molecule has 1 heterocycles. The van der Waals surface area contributed by atoms with E-state index in [9.17, 15) is 4.39 Å². The topological polar surface area (TPSA) is 28.7 Å². The highest BCUT2D eigenvalue weighted by Crippen LogP contribution is 2.22. The minimum atomic E-state index is -0.248. The molecule has 2 aromatic carbocycles. The van der Waals surface area contributed by atoms with Crippen LogP contribution >= 0.6 is 12.6 Å². The van der Waals surface area contributed by atoms with Gasteiger partial charge in [-0.3, -0.25) is 0 Å². The Balaban J connectivity index is 2.14. The number of hydrogen-bond donors (Lipinski definition) is 2. The van der Waals surface area contributed by atoms with Crippen LogP contribution in [0.1, 0.15) is 0 Å². The van der Waals surface area contributed by atoms with E-state index in [1.54, 1.807) is 12.1 Å². The highest BCUT2D eigenvalue weighted by molar-refractivity contribution is 7.80. The third-order valence-corrected chi connectivity index (χ3v) is 2.86. The van der Waals surface area contributed by atoms with Gasteiger partial charge >= 0.3 is 0 Å². The Hall–Kier alpha value is -1.81. The predicted octanol–water partition coefficient (Wildman–Crippen LogP) is 3.66. The van der Waals surface area contributed by atoms with E-state index in [1.807, 2.05) is 18.2 Å². The van der Waals surface area contributed by atoms with E-state index in [1.165, 1.54) is 12.1 Å². The van der Waals surface area contributed by atoms with Crippen molar-refractivity contribution < 1.29 is 4.39 Å². The van der Waals surface area contributed by atoms with Crippen LogP contribution in [0.4, 0.5) is 4.39 Å². The Morgan fingerprint density at radius 2 is 1.82 bits per heavy atom. The Bertz CT molecular complexity index is 673. The molecule has 0 atom stereocenters. The Kier molecular flexibility index (Phi) is 2.37. The zero-order chi connectivity index (χ0) is 11.8. The van der Waals surface area contributed by atoms with E-state index < -0.39 is 0 Å². The minimum absolute atomic E-state index is 0.248. The standard InChI is InChI=1S/C13H9FN2S/c14-9-3-1-8(2-4-9)13-15-11-6-5-10(17)7-12(11)16-13/h1-7,17H,(H,15,16). The van der Waals surface area contributed by atoms with Crippen molar-refractivity contribution in [2.75, 3.05) is 0 Å². The zero-order valence-electron chi connectivity index (χ0n) is 8.81. The van der Waals surface area contributed by atoms with Gasteiger partial charge in [-0.2, -0.15) is 0 Å². The fraction of sp³-hybridized carbons (Fsp3) is 0. The monoisotopic (exact) mass is 244 g/mol. The number of hydrogen-bond acceptors (Lipinski definition) is 2. The summed E-state index contributed by atoms with van der Waals surface area (Å²) < 4.78 is 12.8. The Morgan fingerprint density at radius 3 is 2.59 bits per heavy atom. The van der Waals surface area contributed by atoms with Crippen LogP contribution in [0.3, 0.4) is 0 Å². The van der Waals surface area contributed by atoms with Gasteiger partial charge in [-0.15, -0.1) is 12.6 Å². The second-order valence-corrected chi connectivity index (χ2v) is 4.31. The molecular weight excluding hydrogens is 235 g/mol. The van der Waals surface area contributed by atoms with Gasteiger partial charge in [-0.05, 0) is 42.5 Å². The normalized spacial score (nSPS) is 10.9. The van der Waals surface area contributed by atoms with Crippen LogP contribution < -0.4 is 0 Å². The molecule has 1 aromatic heterocycles. The van der Waals surface area contributed by atoms with Crippen molar-refractivity contribution in [2.24, 2.45) is 0 Å². The Labute approximate surface area is 103 Å². The lowest BCUT2D eigenvalue weighted by molar-refractivity contribution is 0.628. The molecular formula is C13H9FN2S. The molecule has 3 rings (SSSR count). The first kappa shape index (κ1) is 10.4. The van der Waals surface area contributed by atoms with Crippen LogP contribution in [0.2, 0.25) is 0 Å². The van der Waals surface area contributed by atoms with Crippen LogP contribution in [-0.2, 0) is 0 Å². The maximum atomic E-state index is 12.8. The van der Waals surface area contributed by atoms with E-state index in [0.717, 1.165) is 27.3 Å². The summed E-state index contributed by atoms with van der Waals surface area (Å²) >= 11 is 4.27. The lowest BCUT2D eigenvalue weighted by Gasteiger charge is -1.94. The van der Waals surface area contributed by atoms with Gasteiger partial charge in [-0.25, -0.2) is 9.37 Å². The van der Waals surface area contributed by atoms with Gasteiger partial charge in [0.25, 0.3) is 0 Å². The van der Waals surface area contributed by atoms with Crippen molar-refractivity contribution in [3.8, 4) is 11.4 Å². The first-order valence-electron chi connectivity index (χ1n) is 5.17. The number of H-pyrrole nitrogens is 1. The first-order chi connectivity index (χ1) is 8.22. The van der Waals surface area contributed by atoms with Crippen LogP contribution in [0.25, 0.3) is 22.4 Å². The van der Waals surface area contributed by atoms with Crippen molar-refractivity contribution in [3.05, 3.63) is 48.3 Å². The van der Waals surface area contributed by atoms with Gasteiger partial charge in [-0.1, -0.05) is 0 Å². The van der Waals surface area contributed by atoms with E-state index in [4.69, 9.17) is 0 Å². The molecule has 0 spiro atoms. The van der Waals surface area contributed by atoms with Gasteiger partial charge in [0.15, 0.2) is 0 Å². The van der Waals surface area contributed by atoms with Crippen LogP contribution in [0.15, 0.2) is 47.4 Å². The fourth-order valence-corrected chi connectivity index (χ4v) is 1.95. The van der Waals surface area contributed by atoms with Crippen molar-refractivity contribution in [1.29, 1.82) is 0 Å². The maximum Gasteiger partial charge on any atom is 0.138 e. The van der Waals surface area contributed by atoms with Crippen molar-refractivity contribution in [3.63, 3.8) is 0 Å². The van der Waals surface area contributed by atoms with E-state index >= 15 is 0 Å². The average molecular weight is 244 g/mol. The van der Waals surface area contributed by atoms with Crippen LogP contribution in [-0.4, -0.2) is 9.97 Å². The van der Waals surface area contributed by atoms with Gasteiger partial charge in [0.1, 0.15) is 11.6 Å². The molecule has 0 saturated carbocycles. The summed E-state index contributed by atoms with van der Waals surface area (Å²) in [5, 5.41) is 0. The molecule has 84 valence electrons. The summed E-state index contributed by atoms with van der Waals surface area (Å²) in [5.74, 6) is 0.487. The third-order valence-electron chi connectivity index (χ3n) is 2.58. The molecule has 0 saturated heterocycles. The molecule has 0 aliphatic heterocycles. The van der Waals surface area contributed by atoms with Crippen molar-refractivity contribution >= 4 is 23.7 Å². The Morgan fingerprint density at radius 1 is 1.06 bits per heavy atom. The number of aromatic nitrogens is 2. The summed E-state index contributed by atoms with van der Waals surface area (Å²) in [6, 6.07) is 12.0. The smallest absolute Gasteiger partial charge is 0.138 e. The molecule has 0 bridgehead atoms. The average Bonchev–Trinajstić information content (AvgIpc) is 2.72. The molecule has 3 aromatic rings. The minimum Gasteiger partial charge on any atom is -0.338 e. The van der Waals surface area contributed by atoms with Crippen LogP contribution in [0, 0.1) is 5.82 Å². The second kappa shape index (κ2) is 3.89. The van der Waals surface area contributed by atoms with E-state index in [0.29, 0.717) is 0 Å². The van der Waals surface area contributed by atoms with Crippen molar-refractivity contribution in [1.82, 2.24) is 9.97 Å². The SMILES string of the molecule is Fc1ccc(-c2nc3ccc(S)cc3[nH]2)cc1. The van der Waals surface area contributed by atoms with Gasteiger partial charge in [0.2, 0.25) is 0 Å². The summed E-state index contributed by atoms with van der Waals surface area (Å²) in [5.41, 5.74) is 2.67. The number of nitrogens with one attached hydrogen (secondary N) is 1. The third kappa shape index (κ3) is 1.91. The number of benzene rings is 2. The highest BCUT2D eigenvalue weighted by atomic mass is 32.1. The van der Waals surface area contributed by atoms with Gasteiger partial charge < -0.3 is 4.98 Å². The molecule has 0 aliphatic rings. The summed E-state index contributed by atoms with van der Waals surface area (Å²) in [6.45, 7) is 0. The molecule has 0 unspecified atom stereocenters.